The highest BCUT2D eigenvalue weighted by Gasteiger charge is 2.21. The average Bonchev–Trinajstić information content (AvgIpc) is 2.65. The topological polar surface area (TPSA) is 12.4 Å². The Morgan fingerprint density at radius 1 is 1.28 bits per heavy atom. The van der Waals surface area contributed by atoms with E-state index in [1.54, 1.807) is 0 Å². The smallest absolute Gasteiger partial charge is 0.0299 e. The standard InChI is InChI=1S/C24H35N/c1-6-21-14-11-15-23(20(5)17-25-7-2)24(21)19(4)16-18(3)22-12-9-8-10-13-22/h7,11,14-15,17,19,22H,3,6,8-10,12-13,16H2,1-2,4-5H3/b20-17+,25-7?. The van der Waals surface area contributed by atoms with Gasteiger partial charge in [-0.25, -0.2) is 0 Å². The van der Waals surface area contributed by atoms with Crippen LogP contribution in [0, 0.1) is 5.92 Å². The molecule has 2 rings (SSSR count). The molecule has 136 valence electrons. The van der Waals surface area contributed by atoms with E-state index in [1.165, 1.54) is 59.9 Å². The number of nitrogens with zero attached hydrogens (tertiary/aromatic N) is 1. The highest BCUT2D eigenvalue weighted by molar-refractivity contribution is 5.70. The maximum Gasteiger partial charge on any atom is 0.0299 e. The van der Waals surface area contributed by atoms with Gasteiger partial charge in [-0.1, -0.05) is 63.5 Å². The lowest BCUT2D eigenvalue weighted by atomic mass is 9.78. The van der Waals surface area contributed by atoms with Crippen molar-refractivity contribution in [2.75, 3.05) is 0 Å². The van der Waals surface area contributed by atoms with Gasteiger partial charge >= 0.3 is 0 Å². The second-order valence-electron chi connectivity index (χ2n) is 7.55. The zero-order chi connectivity index (χ0) is 18.2. The Bertz CT molecular complexity index is 629. The summed E-state index contributed by atoms with van der Waals surface area (Å²) in [6.07, 6.45) is 12.9. The third kappa shape index (κ3) is 5.17. The molecule has 1 heteroatoms. The molecule has 1 nitrogen and oxygen atoms in total. The van der Waals surface area contributed by atoms with Crippen LogP contribution in [0.5, 0.6) is 0 Å². The molecule has 1 unspecified atom stereocenters. The van der Waals surface area contributed by atoms with Crippen LogP contribution < -0.4 is 0 Å². The highest BCUT2D eigenvalue weighted by Crippen LogP contribution is 2.37. The third-order valence-corrected chi connectivity index (χ3v) is 5.66. The van der Waals surface area contributed by atoms with Gasteiger partial charge in [0.25, 0.3) is 0 Å². The van der Waals surface area contributed by atoms with Crippen LogP contribution in [0.25, 0.3) is 5.57 Å². The van der Waals surface area contributed by atoms with Gasteiger partial charge < -0.3 is 0 Å². The molecule has 1 fully saturated rings. The van der Waals surface area contributed by atoms with Gasteiger partial charge in [-0.15, -0.1) is 0 Å². The third-order valence-electron chi connectivity index (χ3n) is 5.66. The first kappa shape index (κ1) is 19.7. The van der Waals surface area contributed by atoms with Gasteiger partial charge in [-0.3, -0.25) is 4.99 Å². The molecule has 0 saturated heterocycles. The first-order valence-corrected chi connectivity index (χ1v) is 10.0. The molecule has 1 saturated carbocycles. The molecule has 25 heavy (non-hydrogen) atoms. The molecule has 0 bridgehead atoms. The Balaban J connectivity index is 2.27. The molecule has 1 aliphatic carbocycles. The average molecular weight is 338 g/mol. The number of allylic oxidation sites excluding steroid dienone is 2. The number of rotatable bonds is 7. The van der Waals surface area contributed by atoms with E-state index in [0.29, 0.717) is 5.92 Å². The van der Waals surface area contributed by atoms with E-state index in [4.69, 9.17) is 0 Å². The summed E-state index contributed by atoms with van der Waals surface area (Å²) in [7, 11) is 0. The Hall–Kier alpha value is -1.63. The summed E-state index contributed by atoms with van der Waals surface area (Å²) in [5.74, 6) is 1.25. The lowest BCUT2D eigenvalue weighted by Crippen LogP contribution is -2.12. The van der Waals surface area contributed by atoms with Gasteiger partial charge in [0.05, 0.1) is 0 Å². The quantitative estimate of drug-likeness (QED) is 0.365. The molecule has 0 N–H and O–H groups in total. The number of hydrogen-bond acceptors (Lipinski definition) is 1. The Morgan fingerprint density at radius 2 is 2.00 bits per heavy atom. The summed E-state index contributed by atoms with van der Waals surface area (Å²) < 4.78 is 0. The van der Waals surface area contributed by atoms with Gasteiger partial charge in [0.2, 0.25) is 0 Å². The van der Waals surface area contributed by atoms with Crippen molar-refractivity contribution in [2.24, 2.45) is 10.9 Å². The molecule has 1 aliphatic rings. The van der Waals surface area contributed by atoms with Gasteiger partial charge in [0, 0.05) is 12.4 Å². The van der Waals surface area contributed by atoms with Crippen LogP contribution in [-0.4, -0.2) is 6.21 Å². The fourth-order valence-corrected chi connectivity index (χ4v) is 4.28. The minimum atomic E-state index is 0.509. The zero-order valence-electron chi connectivity index (χ0n) is 16.6. The van der Waals surface area contributed by atoms with Gasteiger partial charge in [0.15, 0.2) is 0 Å². The molecular weight excluding hydrogens is 302 g/mol. The van der Waals surface area contributed by atoms with Crippen molar-refractivity contribution in [1.29, 1.82) is 0 Å². The van der Waals surface area contributed by atoms with Gasteiger partial charge in [-0.2, -0.15) is 0 Å². The minimum Gasteiger partial charge on any atom is -0.269 e. The molecule has 0 heterocycles. The molecule has 1 atom stereocenters. The molecule has 0 amide bonds. The van der Waals surface area contributed by atoms with Crippen LogP contribution in [0.4, 0.5) is 0 Å². The normalized spacial score (nSPS) is 17.8. The summed E-state index contributed by atoms with van der Waals surface area (Å²) in [6, 6.07) is 6.73. The first-order valence-electron chi connectivity index (χ1n) is 10.0. The summed E-state index contributed by atoms with van der Waals surface area (Å²) in [5, 5.41) is 0. The predicted molar refractivity (Wildman–Crippen MR) is 112 cm³/mol. The number of hydrogen-bond donors (Lipinski definition) is 0. The molecule has 1 aromatic rings. The summed E-state index contributed by atoms with van der Waals surface area (Å²) in [5.41, 5.74) is 7.04. The van der Waals surface area contributed by atoms with Crippen LogP contribution >= 0.6 is 0 Å². The van der Waals surface area contributed by atoms with Crippen molar-refractivity contribution < 1.29 is 0 Å². The fraction of sp³-hybridized carbons (Fsp3) is 0.542. The Kier molecular flexibility index (Phi) is 7.68. The summed E-state index contributed by atoms with van der Waals surface area (Å²) in [4.78, 5) is 4.33. The second-order valence-corrected chi connectivity index (χ2v) is 7.55. The number of aryl methyl sites for hydroxylation is 1. The number of aliphatic imine (C=N–C) groups is 1. The van der Waals surface area contributed by atoms with Crippen molar-refractivity contribution >= 4 is 11.8 Å². The zero-order valence-corrected chi connectivity index (χ0v) is 16.6. The van der Waals surface area contributed by atoms with Crippen molar-refractivity contribution in [3.8, 4) is 0 Å². The van der Waals surface area contributed by atoms with Crippen LogP contribution in [-0.2, 0) is 6.42 Å². The van der Waals surface area contributed by atoms with E-state index in [2.05, 4.69) is 50.5 Å². The molecular formula is C24H35N. The lowest BCUT2D eigenvalue weighted by Gasteiger charge is -2.27. The largest absolute Gasteiger partial charge is 0.269 e. The van der Waals surface area contributed by atoms with Gasteiger partial charge in [-0.05, 0) is 73.6 Å². The van der Waals surface area contributed by atoms with Crippen LogP contribution in [0.15, 0.2) is 41.5 Å². The van der Waals surface area contributed by atoms with Crippen molar-refractivity contribution in [2.45, 2.75) is 78.6 Å². The lowest BCUT2D eigenvalue weighted by molar-refractivity contribution is 0.392. The van der Waals surface area contributed by atoms with Gasteiger partial charge in [0.1, 0.15) is 0 Å². The fourth-order valence-electron chi connectivity index (χ4n) is 4.28. The second kappa shape index (κ2) is 9.75. The van der Waals surface area contributed by atoms with Crippen molar-refractivity contribution in [3.05, 3.63) is 53.2 Å². The molecule has 0 aromatic heterocycles. The van der Waals surface area contributed by atoms with Crippen LogP contribution in [0.2, 0.25) is 0 Å². The SMILES string of the molecule is C=C(CC(C)c1c(CC)cccc1/C(C)=C/N=CC)C1CCCCC1. The summed E-state index contributed by atoms with van der Waals surface area (Å²) in [6.45, 7) is 13.3. The van der Waals surface area contributed by atoms with E-state index < -0.39 is 0 Å². The van der Waals surface area contributed by atoms with E-state index >= 15 is 0 Å². The van der Waals surface area contributed by atoms with Crippen LogP contribution in [0.1, 0.15) is 88.8 Å². The molecule has 0 aliphatic heterocycles. The van der Waals surface area contributed by atoms with E-state index in [1.807, 2.05) is 19.3 Å². The minimum absolute atomic E-state index is 0.509. The Morgan fingerprint density at radius 3 is 2.64 bits per heavy atom. The van der Waals surface area contributed by atoms with Crippen LogP contribution in [0.3, 0.4) is 0 Å². The summed E-state index contributed by atoms with van der Waals surface area (Å²) >= 11 is 0. The number of benzene rings is 1. The molecule has 0 radical (unpaired) electrons. The maximum absolute atomic E-state index is 4.49. The monoisotopic (exact) mass is 337 g/mol. The van der Waals surface area contributed by atoms with E-state index in [0.717, 1.165) is 18.8 Å². The predicted octanol–water partition coefficient (Wildman–Crippen LogP) is 7.33. The molecule has 0 spiro atoms. The highest BCUT2D eigenvalue weighted by atomic mass is 14.7. The van der Waals surface area contributed by atoms with Crippen molar-refractivity contribution in [3.63, 3.8) is 0 Å². The Labute approximate surface area is 155 Å². The first-order chi connectivity index (χ1) is 12.1. The maximum atomic E-state index is 4.49. The van der Waals surface area contributed by atoms with E-state index in [-0.39, 0.29) is 0 Å². The molecule has 1 aromatic carbocycles. The van der Waals surface area contributed by atoms with E-state index in [9.17, 15) is 0 Å². The van der Waals surface area contributed by atoms with Crippen molar-refractivity contribution in [1.82, 2.24) is 0 Å².